The fraction of sp³-hybridized carbons (Fsp3) is 0.312. The van der Waals surface area contributed by atoms with Gasteiger partial charge < -0.3 is 19.3 Å². The third kappa shape index (κ3) is 3.20. The van der Waals surface area contributed by atoms with Crippen LogP contribution in [0.15, 0.2) is 41.3 Å². The van der Waals surface area contributed by atoms with E-state index >= 15 is 0 Å². The average Bonchev–Trinajstić information content (AvgIpc) is 3.22. The predicted molar refractivity (Wildman–Crippen MR) is 89.1 cm³/mol. The quantitative estimate of drug-likeness (QED) is 0.857. The molecular formula is C16H16BrN3O4. The molecule has 1 N–H and O–H groups in total. The van der Waals surface area contributed by atoms with E-state index in [-0.39, 0.29) is 24.8 Å². The molecule has 2 unspecified atom stereocenters. The zero-order valence-electron chi connectivity index (χ0n) is 12.9. The molecule has 1 aliphatic rings. The third-order valence-electron chi connectivity index (χ3n) is 4.07. The summed E-state index contributed by atoms with van der Waals surface area (Å²) in [5.41, 5.74) is 1.07. The Morgan fingerprint density at radius 2 is 2.04 bits per heavy atom. The van der Waals surface area contributed by atoms with Gasteiger partial charge in [-0.15, -0.1) is 0 Å². The number of nitrogens with zero attached hydrogens (tertiary/aromatic N) is 3. The molecule has 126 valence electrons. The number of benzene rings is 1. The van der Waals surface area contributed by atoms with Gasteiger partial charge >= 0.3 is 5.97 Å². The number of imidazole rings is 1. The Labute approximate surface area is 147 Å². The van der Waals surface area contributed by atoms with Crippen LogP contribution in [0.25, 0.3) is 5.69 Å². The summed E-state index contributed by atoms with van der Waals surface area (Å²) in [7, 11) is 1.51. The number of carboxylic acid groups (broad SMARTS) is 1. The molecule has 1 aromatic heterocycles. The van der Waals surface area contributed by atoms with Gasteiger partial charge in [-0.3, -0.25) is 4.79 Å². The van der Waals surface area contributed by atoms with Crippen molar-refractivity contribution in [2.75, 3.05) is 13.7 Å². The molecule has 0 bridgehead atoms. The molecule has 0 spiro atoms. The van der Waals surface area contributed by atoms with Crippen LogP contribution in [0.4, 0.5) is 0 Å². The predicted octanol–water partition coefficient (Wildman–Crippen LogP) is 1.95. The smallest absolute Gasteiger partial charge is 0.326 e. The minimum atomic E-state index is -1.03. The first-order valence-corrected chi connectivity index (χ1v) is 8.15. The molecule has 0 aliphatic carbocycles. The second-order valence-corrected chi connectivity index (χ2v) is 6.46. The molecule has 2 heterocycles. The van der Waals surface area contributed by atoms with Crippen LogP contribution < -0.4 is 0 Å². The number of amides is 1. The fourth-order valence-corrected chi connectivity index (χ4v) is 3.03. The maximum atomic E-state index is 12.6. The molecule has 0 radical (unpaired) electrons. The van der Waals surface area contributed by atoms with Crippen LogP contribution in [0, 0.1) is 0 Å². The molecule has 8 heteroatoms. The molecule has 1 saturated heterocycles. The van der Waals surface area contributed by atoms with E-state index in [1.54, 1.807) is 10.8 Å². The number of carboxylic acids is 1. The molecular weight excluding hydrogens is 378 g/mol. The highest BCUT2D eigenvalue weighted by molar-refractivity contribution is 9.10. The molecule has 1 aliphatic heterocycles. The van der Waals surface area contributed by atoms with Gasteiger partial charge in [0, 0.05) is 36.4 Å². The van der Waals surface area contributed by atoms with Crippen molar-refractivity contribution >= 4 is 27.8 Å². The first-order chi connectivity index (χ1) is 11.5. The second-order valence-electron chi connectivity index (χ2n) is 5.55. The summed E-state index contributed by atoms with van der Waals surface area (Å²) < 4.78 is 7.88. The Balaban J connectivity index is 1.82. The van der Waals surface area contributed by atoms with Gasteiger partial charge in [-0.2, -0.15) is 0 Å². The lowest BCUT2D eigenvalue weighted by molar-refractivity contribution is -0.141. The molecule has 24 heavy (non-hydrogen) atoms. The van der Waals surface area contributed by atoms with Crippen LogP contribution in [0.3, 0.4) is 0 Å². The first-order valence-electron chi connectivity index (χ1n) is 7.36. The van der Waals surface area contributed by atoms with Gasteiger partial charge in [-0.1, -0.05) is 15.9 Å². The van der Waals surface area contributed by atoms with Crippen LogP contribution in [-0.2, 0) is 9.53 Å². The zero-order valence-corrected chi connectivity index (χ0v) is 14.5. The number of likely N-dealkylation sites (tertiary alicyclic amines) is 1. The Hall–Kier alpha value is -2.19. The van der Waals surface area contributed by atoms with Gasteiger partial charge in [0.1, 0.15) is 18.1 Å². The minimum Gasteiger partial charge on any atom is -0.480 e. The maximum absolute atomic E-state index is 12.6. The molecule has 0 saturated carbocycles. The van der Waals surface area contributed by atoms with Crippen molar-refractivity contribution in [3.63, 3.8) is 0 Å². The SMILES string of the molecule is COC1CC(C(=O)O)N(C(=O)c2cn(-c3ccc(Br)cc3)cn2)C1. The van der Waals surface area contributed by atoms with Crippen molar-refractivity contribution in [1.82, 2.24) is 14.5 Å². The highest BCUT2D eigenvalue weighted by atomic mass is 79.9. The number of aromatic nitrogens is 2. The lowest BCUT2D eigenvalue weighted by Crippen LogP contribution is -2.40. The van der Waals surface area contributed by atoms with Gasteiger partial charge in [-0.05, 0) is 24.3 Å². The monoisotopic (exact) mass is 393 g/mol. The summed E-state index contributed by atoms with van der Waals surface area (Å²) in [4.78, 5) is 29.5. The Kier molecular flexibility index (Phi) is 4.68. The standard InChI is InChI=1S/C16H16BrN3O4/c1-24-12-6-14(16(22)23)20(7-12)15(21)13-8-19(9-18-13)11-4-2-10(17)3-5-11/h2-5,8-9,12,14H,6-7H2,1H3,(H,22,23). The van der Waals surface area contributed by atoms with Gasteiger partial charge in [0.2, 0.25) is 0 Å². The lowest BCUT2D eigenvalue weighted by Gasteiger charge is -2.19. The van der Waals surface area contributed by atoms with E-state index in [9.17, 15) is 14.7 Å². The molecule has 1 aromatic carbocycles. The summed E-state index contributed by atoms with van der Waals surface area (Å²) in [5.74, 6) is -1.44. The molecule has 2 aromatic rings. The van der Waals surface area contributed by atoms with Crippen LogP contribution >= 0.6 is 15.9 Å². The molecule has 3 rings (SSSR count). The highest BCUT2D eigenvalue weighted by Gasteiger charge is 2.40. The lowest BCUT2D eigenvalue weighted by atomic mass is 10.2. The van der Waals surface area contributed by atoms with Crippen LogP contribution in [-0.4, -0.2) is 57.2 Å². The summed E-state index contributed by atoms with van der Waals surface area (Å²) in [5, 5.41) is 9.32. The van der Waals surface area contributed by atoms with E-state index in [4.69, 9.17) is 4.74 Å². The largest absolute Gasteiger partial charge is 0.480 e. The number of halogens is 1. The van der Waals surface area contributed by atoms with Gasteiger partial charge in [0.25, 0.3) is 5.91 Å². The molecule has 2 atom stereocenters. The minimum absolute atomic E-state index is 0.209. The highest BCUT2D eigenvalue weighted by Crippen LogP contribution is 2.23. The summed E-state index contributed by atoms with van der Waals surface area (Å²) in [6, 6.07) is 6.66. The zero-order chi connectivity index (χ0) is 17.3. The van der Waals surface area contributed by atoms with Crippen molar-refractivity contribution in [2.45, 2.75) is 18.6 Å². The third-order valence-corrected chi connectivity index (χ3v) is 4.60. The number of methoxy groups -OCH3 is 1. The number of rotatable bonds is 4. The topological polar surface area (TPSA) is 84.7 Å². The van der Waals surface area contributed by atoms with Crippen molar-refractivity contribution in [3.8, 4) is 5.69 Å². The summed E-state index contributed by atoms with van der Waals surface area (Å²) in [6.45, 7) is 0.247. The first kappa shape index (κ1) is 16.7. The van der Waals surface area contributed by atoms with Crippen LogP contribution in [0.2, 0.25) is 0 Å². The number of aliphatic carboxylic acids is 1. The van der Waals surface area contributed by atoms with Crippen LogP contribution in [0.5, 0.6) is 0 Å². The normalized spacial score (nSPS) is 20.3. The number of carbonyl (C=O) groups excluding carboxylic acids is 1. The van der Waals surface area contributed by atoms with Gasteiger partial charge in [0.05, 0.1) is 6.10 Å². The molecule has 1 fully saturated rings. The summed E-state index contributed by atoms with van der Waals surface area (Å²) in [6.07, 6.45) is 3.15. The van der Waals surface area contributed by atoms with Gasteiger partial charge in [-0.25, -0.2) is 9.78 Å². The van der Waals surface area contributed by atoms with E-state index in [1.165, 1.54) is 18.3 Å². The second kappa shape index (κ2) is 6.74. The number of hydrogen-bond donors (Lipinski definition) is 1. The Morgan fingerprint density at radius 3 is 2.67 bits per heavy atom. The van der Waals surface area contributed by atoms with E-state index in [0.717, 1.165) is 10.2 Å². The number of ether oxygens (including phenoxy) is 1. The molecule has 1 amide bonds. The van der Waals surface area contributed by atoms with Crippen molar-refractivity contribution in [3.05, 3.63) is 47.0 Å². The maximum Gasteiger partial charge on any atom is 0.326 e. The van der Waals surface area contributed by atoms with Crippen molar-refractivity contribution < 1.29 is 19.4 Å². The number of hydrogen-bond acceptors (Lipinski definition) is 4. The van der Waals surface area contributed by atoms with Crippen LogP contribution in [0.1, 0.15) is 16.9 Å². The number of carbonyl (C=O) groups is 2. The Bertz CT molecular complexity index is 759. The van der Waals surface area contributed by atoms with Crippen molar-refractivity contribution in [1.29, 1.82) is 0 Å². The average molecular weight is 394 g/mol. The van der Waals surface area contributed by atoms with E-state index in [0.29, 0.717) is 0 Å². The summed E-state index contributed by atoms with van der Waals surface area (Å²) >= 11 is 3.37. The van der Waals surface area contributed by atoms with Crippen molar-refractivity contribution in [2.24, 2.45) is 0 Å². The van der Waals surface area contributed by atoms with E-state index in [1.807, 2.05) is 24.3 Å². The van der Waals surface area contributed by atoms with Gasteiger partial charge in [0.15, 0.2) is 0 Å². The molecule has 7 nitrogen and oxygen atoms in total. The fourth-order valence-electron chi connectivity index (χ4n) is 2.76. The van der Waals surface area contributed by atoms with E-state index < -0.39 is 17.9 Å². The van der Waals surface area contributed by atoms with E-state index in [2.05, 4.69) is 20.9 Å². The Morgan fingerprint density at radius 1 is 1.33 bits per heavy atom.